The number of likely N-dealkylation sites (tertiary alicyclic amines) is 1. The minimum atomic E-state index is 0.211. The molecule has 0 saturated carbocycles. The lowest BCUT2D eigenvalue weighted by atomic mass is 9.96. The lowest BCUT2D eigenvalue weighted by Crippen LogP contribution is -2.40. The molecule has 1 aliphatic heterocycles. The summed E-state index contributed by atoms with van der Waals surface area (Å²) in [5.74, 6) is 1.56. The third kappa shape index (κ3) is 4.27. The Labute approximate surface area is 163 Å². The molecular formula is C21H24N4OS. The normalized spacial score (nSPS) is 17.2. The van der Waals surface area contributed by atoms with Crippen molar-refractivity contribution < 1.29 is 4.79 Å². The van der Waals surface area contributed by atoms with Crippen LogP contribution in [-0.2, 0) is 17.8 Å². The molecule has 2 aromatic heterocycles. The molecular weight excluding hydrogens is 356 g/mol. The summed E-state index contributed by atoms with van der Waals surface area (Å²) < 4.78 is 2.17. The quantitative estimate of drug-likeness (QED) is 0.679. The zero-order valence-electron chi connectivity index (χ0n) is 15.5. The molecule has 1 aliphatic rings. The van der Waals surface area contributed by atoms with Crippen LogP contribution in [0.1, 0.15) is 41.4 Å². The Hall–Kier alpha value is -2.47. The Kier molecular flexibility index (Phi) is 5.34. The van der Waals surface area contributed by atoms with Crippen LogP contribution in [0.25, 0.3) is 0 Å². The van der Waals surface area contributed by atoms with Crippen molar-refractivity contribution >= 4 is 17.2 Å². The highest BCUT2D eigenvalue weighted by atomic mass is 32.1. The molecule has 0 spiro atoms. The standard InChI is InChI=1S/C21H24N4OS/c1-16-4-2-5-17(10-16)11-20(26)24-8-3-6-18(12-24)21-22-7-9-25(21)13-19-14-27-15-23-19/h2,4-5,7,9-10,14-15,18H,3,6,8,11-13H2,1H3/t18-/m0/s1. The number of hydrogen-bond acceptors (Lipinski definition) is 4. The number of amides is 1. The predicted octanol–water partition coefficient (Wildman–Crippen LogP) is 3.65. The van der Waals surface area contributed by atoms with Gasteiger partial charge in [-0.1, -0.05) is 29.8 Å². The van der Waals surface area contributed by atoms with Crippen molar-refractivity contribution in [2.75, 3.05) is 13.1 Å². The second-order valence-corrected chi connectivity index (χ2v) is 7.96. The van der Waals surface area contributed by atoms with Gasteiger partial charge in [0.15, 0.2) is 0 Å². The van der Waals surface area contributed by atoms with Crippen molar-refractivity contribution in [2.45, 2.75) is 38.6 Å². The summed E-state index contributed by atoms with van der Waals surface area (Å²) >= 11 is 1.61. The van der Waals surface area contributed by atoms with E-state index in [9.17, 15) is 4.79 Å². The van der Waals surface area contributed by atoms with E-state index < -0.39 is 0 Å². The molecule has 3 heterocycles. The summed E-state index contributed by atoms with van der Waals surface area (Å²) in [5, 5.41) is 2.07. The van der Waals surface area contributed by atoms with E-state index in [1.54, 1.807) is 11.3 Å². The topological polar surface area (TPSA) is 51.0 Å². The van der Waals surface area contributed by atoms with Crippen LogP contribution in [0.5, 0.6) is 0 Å². The summed E-state index contributed by atoms with van der Waals surface area (Å²) in [5.41, 5.74) is 5.20. The third-order valence-corrected chi connectivity index (χ3v) is 5.78. The van der Waals surface area contributed by atoms with Crippen LogP contribution in [0, 0.1) is 6.92 Å². The van der Waals surface area contributed by atoms with E-state index in [2.05, 4.69) is 39.0 Å². The smallest absolute Gasteiger partial charge is 0.227 e. The van der Waals surface area contributed by atoms with Gasteiger partial charge in [0.05, 0.1) is 24.2 Å². The molecule has 5 nitrogen and oxygen atoms in total. The lowest BCUT2D eigenvalue weighted by molar-refractivity contribution is -0.131. The number of carbonyl (C=O) groups excluding carboxylic acids is 1. The second-order valence-electron chi connectivity index (χ2n) is 7.24. The van der Waals surface area contributed by atoms with Gasteiger partial charge in [-0.2, -0.15) is 0 Å². The van der Waals surface area contributed by atoms with E-state index in [0.29, 0.717) is 6.42 Å². The van der Waals surface area contributed by atoms with Crippen molar-refractivity contribution in [3.63, 3.8) is 0 Å². The molecule has 1 amide bonds. The van der Waals surface area contributed by atoms with Crippen molar-refractivity contribution in [3.05, 3.63) is 70.2 Å². The number of nitrogens with zero attached hydrogens (tertiary/aromatic N) is 4. The molecule has 140 valence electrons. The fourth-order valence-electron chi connectivity index (χ4n) is 3.83. The van der Waals surface area contributed by atoms with Gasteiger partial charge in [-0.25, -0.2) is 9.97 Å². The number of imidazole rings is 1. The van der Waals surface area contributed by atoms with Gasteiger partial charge in [-0.05, 0) is 25.3 Å². The molecule has 0 unspecified atom stereocenters. The molecule has 1 aromatic carbocycles. The van der Waals surface area contributed by atoms with Crippen LogP contribution in [0.4, 0.5) is 0 Å². The highest BCUT2D eigenvalue weighted by Crippen LogP contribution is 2.27. The molecule has 0 bridgehead atoms. The molecule has 0 aliphatic carbocycles. The highest BCUT2D eigenvalue weighted by Gasteiger charge is 2.27. The summed E-state index contributed by atoms with van der Waals surface area (Å²) in [6.07, 6.45) is 6.44. The minimum Gasteiger partial charge on any atom is -0.342 e. The molecule has 1 atom stereocenters. The monoisotopic (exact) mass is 380 g/mol. The number of piperidine rings is 1. The van der Waals surface area contributed by atoms with Crippen LogP contribution < -0.4 is 0 Å². The van der Waals surface area contributed by atoms with Gasteiger partial charge < -0.3 is 9.47 Å². The van der Waals surface area contributed by atoms with Gasteiger partial charge in [0.25, 0.3) is 0 Å². The zero-order valence-corrected chi connectivity index (χ0v) is 16.4. The first-order valence-corrected chi connectivity index (χ1v) is 10.3. The predicted molar refractivity (Wildman–Crippen MR) is 107 cm³/mol. The summed E-state index contributed by atoms with van der Waals surface area (Å²) in [4.78, 5) is 23.8. The average Bonchev–Trinajstić information content (AvgIpc) is 3.34. The van der Waals surface area contributed by atoms with E-state index in [1.807, 2.05) is 34.9 Å². The molecule has 0 N–H and O–H groups in total. The second kappa shape index (κ2) is 8.05. The Morgan fingerprint density at radius 2 is 2.26 bits per heavy atom. The van der Waals surface area contributed by atoms with Gasteiger partial charge >= 0.3 is 0 Å². The first-order chi connectivity index (χ1) is 13.2. The number of benzene rings is 1. The first kappa shape index (κ1) is 17.9. The summed E-state index contributed by atoms with van der Waals surface area (Å²) in [6.45, 7) is 4.40. The van der Waals surface area contributed by atoms with E-state index in [4.69, 9.17) is 0 Å². The van der Waals surface area contributed by atoms with E-state index in [-0.39, 0.29) is 11.8 Å². The Balaban J connectivity index is 1.44. The fraction of sp³-hybridized carbons (Fsp3) is 0.381. The number of carbonyl (C=O) groups is 1. The maximum atomic E-state index is 12.8. The van der Waals surface area contributed by atoms with Crippen molar-refractivity contribution in [1.82, 2.24) is 19.4 Å². The Bertz CT molecular complexity index is 903. The Morgan fingerprint density at radius 1 is 1.33 bits per heavy atom. The minimum absolute atomic E-state index is 0.211. The Morgan fingerprint density at radius 3 is 3.07 bits per heavy atom. The van der Waals surface area contributed by atoms with Gasteiger partial charge in [0, 0.05) is 36.8 Å². The van der Waals surface area contributed by atoms with Crippen LogP contribution in [-0.4, -0.2) is 38.4 Å². The highest BCUT2D eigenvalue weighted by molar-refractivity contribution is 7.07. The molecule has 27 heavy (non-hydrogen) atoms. The molecule has 6 heteroatoms. The maximum Gasteiger partial charge on any atom is 0.227 e. The van der Waals surface area contributed by atoms with Gasteiger partial charge in [-0.3, -0.25) is 4.79 Å². The zero-order chi connectivity index (χ0) is 18.6. The van der Waals surface area contributed by atoms with Gasteiger partial charge in [0.2, 0.25) is 5.91 Å². The largest absolute Gasteiger partial charge is 0.342 e. The van der Waals surface area contributed by atoms with Crippen molar-refractivity contribution in [3.8, 4) is 0 Å². The number of hydrogen-bond donors (Lipinski definition) is 0. The molecule has 1 fully saturated rings. The summed E-state index contributed by atoms with van der Waals surface area (Å²) in [7, 11) is 0. The summed E-state index contributed by atoms with van der Waals surface area (Å²) in [6, 6.07) is 8.21. The van der Waals surface area contributed by atoms with Crippen LogP contribution in [0.15, 0.2) is 47.5 Å². The van der Waals surface area contributed by atoms with Gasteiger partial charge in [-0.15, -0.1) is 11.3 Å². The number of rotatable bonds is 5. The lowest BCUT2D eigenvalue weighted by Gasteiger charge is -2.33. The van der Waals surface area contributed by atoms with Crippen LogP contribution >= 0.6 is 11.3 Å². The van der Waals surface area contributed by atoms with E-state index in [1.165, 1.54) is 5.56 Å². The number of aryl methyl sites for hydroxylation is 1. The van der Waals surface area contributed by atoms with Crippen LogP contribution in [0.2, 0.25) is 0 Å². The molecule has 1 saturated heterocycles. The van der Waals surface area contributed by atoms with Crippen molar-refractivity contribution in [2.24, 2.45) is 0 Å². The van der Waals surface area contributed by atoms with Gasteiger partial charge in [0.1, 0.15) is 5.82 Å². The average molecular weight is 381 g/mol. The molecule has 0 radical (unpaired) electrons. The van der Waals surface area contributed by atoms with Crippen LogP contribution in [0.3, 0.4) is 0 Å². The SMILES string of the molecule is Cc1cccc(CC(=O)N2CCC[C@H](c3nccn3Cc3cscn3)C2)c1. The van der Waals surface area contributed by atoms with E-state index >= 15 is 0 Å². The third-order valence-electron chi connectivity index (χ3n) is 5.14. The van der Waals surface area contributed by atoms with E-state index in [0.717, 1.165) is 49.6 Å². The molecule has 4 rings (SSSR count). The molecule has 3 aromatic rings. The number of thiazole rings is 1. The van der Waals surface area contributed by atoms with Crippen molar-refractivity contribution in [1.29, 1.82) is 0 Å². The number of aromatic nitrogens is 3. The fourth-order valence-corrected chi connectivity index (χ4v) is 4.38. The maximum absolute atomic E-state index is 12.8. The first-order valence-electron chi connectivity index (χ1n) is 9.40.